The lowest BCUT2D eigenvalue weighted by Gasteiger charge is -2.13. The largest absolute Gasteiger partial charge is 0.469 e. The first kappa shape index (κ1) is 19.9. The maximum Gasteiger partial charge on any atom is 0.237 e. The fraction of sp³-hybridized carbons (Fsp3) is 0.368. The summed E-state index contributed by atoms with van der Waals surface area (Å²) in [6, 6.07) is 11.0. The zero-order valence-electron chi connectivity index (χ0n) is 15.0. The number of carbonyl (C=O) groups excluding carboxylic acids is 2. The molecule has 2 atom stereocenters. The number of anilines is 1. The molecule has 0 saturated carbocycles. The quantitative estimate of drug-likeness (QED) is 0.703. The maximum atomic E-state index is 12.0. The third-order valence-corrected chi connectivity index (χ3v) is 4.90. The molecule has 1 aromatic heterocycles. The van der Waals surface area contributed by atoms with E-state index in [0.29, 0.717) is 5.69 Å². The third-order valence-electron chi connectivity index (χ3n) is 3.73. The topological polar surface area (TPSA) is 88.4 Å². The first-order valence-corrected chi connectivity index (χ1v) is 9.94. The molecule has 0 radical (unpaired) electrons. The van der Waals surface area contributed by atoms with Crippen LogP contribution in [0.1, 0.15) is 24.7 Å². The fourth-order valence-electron chi connectivity index (χ4n) is 2.38. The standard InChI is InChI=1S/C19H24N2O4S/c1-14-5-8-16(9-6-14)21-19(23)13-26(24)12-18(22)20-15(2)7-10-17-4-3-11-25-17/h3-6,8-9,11,15H,7,10,12-13H2,1-2H3,(H,20,22)(H,21,23)/t15-,26-/m0/s1. The second kappa shape index (κ2) is 9.91. The monoisotopic (exact) mass is 376 g/mol. The molecule has 7 heteroatoms. The van der Waals surface area contributed by atoms with Gasteiger partial charge in [-0.05, 0) is 44.5 Å². The van der Waals surface area contributed by atoms with Crippen molar-refractivity contribution in [3.05, 3.63) is 54.0 Å². The van der Waals surface area contributed by atoms with Gasteiger partial charge in [-0.3, -0.25) is 13.8 Å². The van der Waals surface area contributed by atoms with Crippen molar-refractivity contribution in [3.63, 3.8) is 0 Å². The van der Waals surface area contributed by atoms with E-state index in [9.17, 15) is 13.8 Å². The van der Waals surface area contributed by atoms with Gasteiger partial charge in [-0.2, -0.15) is 0 Å². The summed E-state index contributed by atoms with van der Waals surface area (Å²) in [5, 5.41) is 5.47. The Kier molecular flexibility index (Phi) is 7.59. The molecule has 140 valence electrons. The normalized spacial score (nSPS) is 13.0. The Morgan fingerprint density at radius 3 is 2.46 bits per heavy atom. The molecule has 0 saturated heterocycles. The van der Waals surface area contributed by atoms with E-state index in [4.69, 9.17) is 4.42 Å². The van der Waals surface area contributed by atoms with Crippen LogP contribution in [0.3, 0.4) is 0 Å². The SMILES string of the molecule is Cc1ccc(NC(=O)C[S@@](=O)CC(=O)N[C@@H](C)CCc2ccco2)cc1. The summed E-state index contributed by atoms with van der Waals surface area (Å²) in [6.07, 6.45) is 3.06. The molecule has 0 aliphatic rings. The number of hydrogen-bond donors (Lipinski definition) is 2. The van der Waals surface area contributed by atoms with Crippen molar-refractivity contribution in [1.82, 2.24) is 5.32 Å². The Labute approximate surface area is 155 Å². The van der Waals surface area contributed by atoms with E-state index in [1.165, 1.54) is 0 Å². The lowest BCUT2D eigenvalue weighted by atomic mass is 10.1. The van der Waals surface area contributed by atoms with Gasteiger partial charge in [0.05, 0.1) is 6.26 Å². The number of amides is 2. The van der Waals surface area contributed by atoms with Crippen LogP contribution >= 0.6 is 0 Å². The first-order chi connectivity index (χ1) is 12.4. The van der Waals surface area contributed by atoms with Crippen LogP contribution in [-0.4, -0.2) is 33.6 Å². The average Bonchev–Trinajstić information content (AvgIpc) is 3.08. The Morgan fingerprint density at radius 1 is 1.12 bits per heavy atom. The highest BCUT2D eigenvalue weighted by Gasteiger charge is 2.14. The minimum Gasteiger partial charge on any atom is -0.469 e. The van der Waals surface area contributed by atoms with Gasteiger partial charge in [0.1, 0.15) is 17.3 Å². The maximum absolute atomic E-state index is 12.0. The molecule has 0 bridgehead atoms. The molecular formula is C19H24N2O4S. The van der Waals surface area contributed by atoms with Crippen LogP contribution in [0.15, 0.2) is 47.1 Å². The van der Waals surface area contributed by atoms with Crippen LogP contribution in [0.5, 0.6) is 0 Å². The predicted molar refractivity (Wildman–Crippen MR) is 102 cm³/mol. The molecule has 0 spiro atoms. The van der Waals surface area contributed by atoms with Crippen molar-refractivity contribution in [1.29, 1.82) is 0 Å². The lowest BCUT2D eigenvalue weighted by Crippen LogP contribution is -2.37. The van der Waals surface area contributed by atoms with E-state index >= 15 is 0 Å². The Bertz CT molecular complexity index is 741. The molecule has 0 aliphatic heterocycles. The first-order valence-electron chi connectivity index (χ1n) is 8.45. The van der Waals surface area contributed by atoms with Gasteiger partial charge in [0.15, 0.2) is 0 Å². The van der Waals surface area contributed by atoms with Crippen LogP contribution in [-0.2, 0) is 26.8 Å². The van der Waals surface area contributed by atoms with Gasteiger partial charge in [0.25, 0.3) is 0 Å². The minimum absolute atomic E-state index is 0.0639. The zero-order chi connectivity index (χ0) is 18.9. The summed E-state index contributed by atoms with van der Waals surface area (Å²) in [5.74, 6) is -0.221. The molecule has 0 fully saturated rings. The van der Waals surface area contributed by atoms with Crippen molar-refractivity contribution in [2.45, 2.75) is 32.7 Å². The van der Waals surface area contributed by atoms with Gasteiger partial charge < -0.3 is 15.1 Å². The second-order valence-corrected chi connectivity index (χ2v) is 7.69. The summed E-state index contributed by atoms with van der Waals surface area (Å²) in [6.45, 7) is 3.84. The van der Waals surface area contributed by atoms with Crippen molar-refractivity contribution in [3.8, 4) is 0 Å². The Balaban J connectivity index is 1.68. The van der Waals surface area contributed by atoms with E-state index in [1.807, 2.05) is 38.1 Å². The number of rotatable bonds is 9. The molecule has 2 rings (SSSR count). The van der Waals surface area contributed by atoms with Crippen LogP contribution in [0.2, 0.25) is 0 Å². The van der Waals surface area contributed by atoms with E-state index in [2.05, 4.69) is 10.6 Å². The summed E-state index contributed by atoms with van der Waals surface area (Å²) in [7, 11) is -1.55. The number of aryl methyl sites for hydroxylation is 2. The van der Waals surface area contributed by atoms with E-state index in [1.54, 1.807) is 18.4 Å². The summed E-state index contributed by atoms with van der Waals surface area (Å²) < 4.78 is 17.3. The number of carbonyl (C=O) groups is 2. The molecule has 26 heavy (non-hydrogen) atoms. The minimum atomic E-state index is -1.55. The van der Waals surface area contributed by atoms with E-state index in [0.717, 1.165) is 24.2 Å². The van der Waals surface area contributed by atoms with E-state index in [-0.39, 0.29) is 29.4 Å². The highest BCUT2D eigenvalue weighted by molar-refractivity contribution is 7.86. The molecule has 2 aromatic rings. The third kappa shape index (κ3) is 7.23. The Hall–Kier alpha value is -2.41. The molecular weight excluding hydrogens is 352 g/mol. The highest BCUT2D eigenvalue weighted by atomic mass is 32.2. The highest BCUT2D eigenvalue weighted by Crippen LogP contribution is 2.08. The van der Waals surface area contributed by atoms with Crippen LogP contribution in [0.4, 0.5) is 5.69 Å². The van der Waals surface area contributed by atoms with Crippen LogP contribution < -0.4 is 10.6 Å². The van der Waals surface area contributed by atoms with Crippen LogP contribution in [0.25, 0.3) is 0 Å². The van der Waals surface area contributed by atoms with Gasteiger partial charge in [-0.15, -0.1) is 0 Å². The van der Waals surface area contributed by atoms with Crippen molar-refractivity contribution >= 4 is 28.3 Å². The molecule has 0 aliphatic carbocycles. The Morgan fingerprint density at radius 2 is 1.81 bits per heavy atom. The van der Waals surface area contributed by atoms with Gasteiger partial charge in [-0.25, -0.2) is 0 Å². The predicted octanol–water partition coefficient (Wildman–Crippen LogP) is 2.41. The average molecular weight is 376 g/mol. The number of hydrogen-bond acceptors (Lipinski definition) is 4. The summed E-state index contributed by atoms with van der Waals surface area (Å²) in [4.78, 5) is 23.8. The molecule has 2 N–H and O–H groups in total. The number of furan rings is 1. The van der Waals surface area contributed by atoms with Gasteiger partial charge in [0.2, 0.25) is 11.8 Å². The molecule has 2 amide bonds. The molecule has 6 nitrogen and oxygen atoms in total. The summed E-state index contributed by atoms with van der Waals surface area (Å²) >= 11 is 0. The smallest absolute Gasteiger partial charge is 0.237 e. The fourth-order valence-corrected chi connectivity index (χ4v) is 3.22. The number of nitrogens with one attached hydrogen (secondary N) is 2. The molecule has 0 unspecified atom stereocenters. The molecule has 1 heterocycles. The zero-order valence-corrected chi connectivity index (χ0v) is 15.8. The molecule has 1 aromatic carbocycles. The van der Waals surface area contributed by atoms with Gasteiger partial charge >= 0.3 is 0 Å². The second-order valence-electron chi connectivity index (χ2n) is 6.23. The van der Waals surface area contributed by atoms with E-state index < -0.39 is 10.8 Å². The van der Waals surface area contributed by atoms with Crippen molar-refractivity contribution in [2.24, 2.45) is 0 Å². The van der Waals surface area contributed by atoms with Gasteiger partial charge in [-0.1, -0.05) is 17.7 Å². The lowest BCUT2D eigenvalue weighted by molar-refractivity contribution is -0.119. The van der Waals surface area contributed by atoms with Crippen LogP contribution in [0, 0.1) is 6.92 Å². The summed E-state index contributed by atoms with van der Waals surface area (Å²) in [5.41, 5.74) is 1.73. The van der Waals surface area contributed by atoms with Crippen molar-refractivity contribution < 1.29 is 18.2 Å². The van der Waals surface area contributed by atoms with Crippen molar-refractivity contribution in [2.75, 3.05) is 16.8 Å². The van der Waals surface area contributed by atoms with Gasteiger partial charge in [0, 0.05) is 28.9 Å². The number of benzene rings is 1.